The Kier molecular flexibility index (Phi) is 8.62. The van der Waals surface area contributed by atoms with Gasteiger partial charge < -0.3 is 10.6 Å². The molecule has 6 heterocycles. The van der Waals surface area contributed by atoms with E-state index in [0.717, 1.165) is 97.1 Å². The van der Waals surface area contributed by atoms with E-state index in [1.54, 1.807) is 12.4 Å². The number of hydrogen-bond donors (Lipinski definition) is 2. The van der Waals surface area contributed by atoms with Crippen molar-refractivity contribution >= 4 is 35.0 Å². The highest BCUT2D eigenvalue weighted by Gasteiger charge is 2.49. The van der Waals surface area contributed by atoms with Crippen molar-refractivity contribution in [2.45, 2.75) is 52.6 Å². The van der Waals surface area contributed by atoms with Crippen molar-refractivity contribution < 1.29 is 9.59 Å². The highest BCUT2D eigenvalue weighted by atomic mass is 35.5. The van der Waals surface area contributed by atoms with Crippen molar-refractivity contribution in [2.75, 3.05) is 39.3 Å². The van der Waals surface area contributed by atoms with E-state index in [0.29, 0.717) is 47.4 Å². The molecular weight excluding hydrogens is 671 g/mol. The molecule has 4 aliphatic rings. The van der Waals surface area contributed by atoms with Gasteiger partial charge in [-0.15, -0.1) is 0 Å². The van der Waals surface area contributed by atoms with E-state index in [1.165, 1.54) is 0 Å². The first-order valence-electron chi connectivity index (χ1n) is 17.4. The molecule has 0 bridgehead atoms. The van der Waals surface area contributed by atoms with Crippen LogP contribution in [0.5, 0.6) is 0 Å². The normalized spacial score (nSPS) is 19.4. The van der Waals surface area contributed by atoms with Gasteiger partial charge in [0.1, 0.15) is 0 Å². The van der Waals surface area contributed by atoms with Gasteiger partial charge in [0.05, 0.1) is 56.6 Å². The van der Waals surface area contributed by atoms with Gasteiger partial charge in [-0.1, -0.05) is 73.4 Å². The number of aryl methyl sites for hydroxylation is 2. The molecule has 2 N–H and O–H groups in total. The number of hydrogen-bond acceptors (Lipinski definition) is 8. The number of rotatable bonds is 9. The molecule has 4 saturated heterocycles. The fraction of sp³-hybridized carbons (Fsp3) is 0.421. The first-order valence-corrected chi connectivity index (χ1v) is 18.2. The predicted molar refractivity (Wildman–Crippen MR) is 193 cm³/mol. The molecule has 4 aromatic rings. The molecule has 2 spiro atoms. The quantitative estimate of drug-likeness (QED) is 0.239. The summed E-state index contributed by atoms with van der Waals surface area (Å²) < 4.78 is 0. The molecule has 12 heteroatoms. The van der Waals surface area contributed by atoms with E-state index in [-0.39, 0.29) is 22.6 Å². The van der Waals surface area contributed by atoms with Gasteiger partial charge in [0.2, 0.25) is 11.8 Å². The first kappa shape index (κ1) is 33.2. The van der Waals surface area contributed by atoms with Crippen molar-refractivity contribution in [1.82, 2.24) is 40.4 Å². The largest absolute Gasteiger partial charge is 0.355 e. The number of carbonyl (C=O) groups is 2. The summed E-state index contributed by atoms with van der Waals surface area (Å²) in [6.45, 7) is 10.7. The standard InChI is InChI=1S/C38H40Cl2N8O2/c1-3-27-31(15-47-19-37(20-47)11-33(49)43-17-37)41-13-29(45-27)25-9-5-7-23(35(25)39)24-8-6-10-26(36(24)40)30-14-42-32(28(4-2)46-30)16-48-21-38(22-48)12-34(50)44-18-38/h5-10,13-14H,3-4,11-12,15-22H2,1-2H3,(H,43,49)(H,44,50). The van der Waals surface area contributed by atoms with Crippen molar-refractivity contribution in [2.24, 2.45) is 10.8 Å². The van der Waals surface area contributed by atoms with Crippen LogP contribution < -0.4 is 10.6 Å². The van der Waals surface area contributed by atoms with Crippen molar-refractivity contribution in [1.29, 1.82) is 0 Å². The molecular formula is C38H40Cl2N8O2. The lowest BCUT2D eigenvalue weighted by Gasteiger charge is -2.47. The van der Waals surface area contributed by atoms with Crippen molar-refractivity contribution in [3.63, 3.8) is 0 Å². The molecule has 8 rings (SSSR count). The van der Waals surface area contributed by atoms with Gasteiger partial charge >= 0.3 is 0 Å². The Morgan fingerprint density at radius 1 is 0.640 bits per heavy atom. The SMILES string of the molecule is CCc1nc(-c2cccc(-c3cccc(-c4cnc(CN5CC6(CNC(=O)C6)C5)c(CC)n4)c3Cl)c2Cl)cnc1CN1CC2(CNC(=O)C2)C1. The summed E-state index contributed by atoms with van der Waals surface area (Å²) in [4.78, 5) is 48.0. The molecule has 258 valence electrons. The van der Waals surface area contributed by atoms with E-state index in [9.17, 15) is 9.59 Å². The van der Waals surface area contributed by atoms with Crippen LogP contribution in [0.2, 0.25) is 10.0 Å². The Bertz CT molecular complexity index is 1860. The molecule has 0 radical (unpaired) electrons. The first-order chi connectivity index (χ1) is 24.2. The summed E-state index contributed by atoms with van der Waals surface area (Å²) >= 11 is 14.3. The fourth-order valence-corrected chi connectivity index (χ4v) is 8.92. The van der Waals surface area contributed by atoms with Gasteiger partial charge in [-0.05, 0) is 12.8 Å². The van der Waals surface area contributed by atoms with Crippen molar-refractivity contribution in [3.05, 3.63) is 81.6 Å². The van der Waals surface area contributed by atoms with Gasteiger partial charge in [0.15, 0.2) is 0 Å². The minimum Gasteiger partial charge on any atom is -0.355 e. The highest BCUT2D eigenvalue weighted by molar-refractivity contribution is 6.39. The molecule has 0 unspecified atom stereocenters. The summed E-state index contributed by atoms with van der Waals surface area (Å²) in [6.07, 6.45) is 6.33. The van der Waals surface area contributed by atoms with Crippen LogP contribution in [0.1, 0.15) is 49.5 Å². The van der Waals surface area contributed by atoms with E-state index in [1.807, 2.05) is 36.4 Å². The Labute approximate surface area is 302 Å². The predicted octanol–water partition coefficient (Wildman–Crippen LogP) is 5.34. The van der Waals surface area contributed by atoms with Crippen LogP contribution in [0, 0.1) is 10.8 Å². The van der Waals surface area contributed by atoms with Crippen LogP contribution in [0.15, 0.2) is 48.8 Å². The number of nitrogens with zero attached hydrogens (tertiary/aromatic N) is 6. The van der Waals surface area contributed by atoms with Gasteiger partial charge in [-0.25, -0.2) is 9.97 Å². The average molecular weight is 712 g/mol. The lowest BCUT2D eigenvalue weighted by Crippen LogP contribution is -2.56. The van der Waals surface area contributed by atoms with Crippen molar-refractivity contribution in [3.8, 4) is 33.6 Å². The molecule has 4 aliphatic heterocycles. The highest BCUT2D eigenvalue weighted by Crippen LogP contribution is 2.43. The lowest BCUT2D eigenvalue weighted by molar-refractivity contribution is -0.121. The topological polar surface area (TPSA) is 116 Å². The molecule has 2 aromatic carbocycles. The monoisotopic (exact) mass is 710 g/mol. The number of likely N-dealkylation sites (tertiary alicyclic amines) is 2. The van der Waals surface area contributed by atoms with Gasteiger partial charge in [0.25, 0.3) is 0 Å². The second kappa shape index (κ2) is 13.0. The van der Waals surface area contributed by atoms with Crippen LogP contribution >= 0.6 is 23.2 Å². The van der Waals surface area contributed by atoms with Crippen LogP contribution in [-0.2, 0) is 35.5 Å². The van der Waals surface area contributed by atoms with Crippen LogP contribution in [0.3, 0.4) is 0 Å². The maximum Gasteiger partial charge on any atom is 0.220 e. The lowest BCUT2D eigenvalue weighted by atomic mass is 9.79. The molecule has 10 nitrogen and oxygen atoms in total. The third-order valence-corrected chi connectivity index (χ3v) is 11.6. The molecule has 0 saturated carbocycles. The Balaban J connectivity index is 1.01. The van der Waals surface area contributed by atoms with Crippen LogP contribution in [0.25, 0.3) is 33.6 Å². The van der Waals surface area contributed by atoms with Gasteiger partial charge in [-0.3, -0.25) is 29.4 Å². The molecule has 2 aromatic heterocycles. The number of amides is 2. The average Bonchev–Trinajstić information content (AvgIpc) is 3.68. The van der Waals surface area contributed by atoms with Gasteiger partial charge in [-0.2, -0.15) is 0 Å². The number of aromatic nitrogens is 4. The summed E-state index contributed by atoms with van der Waals surface area (Å²) in [5, 5.41) is 7.06. The summed E-state index contributed by atoms with van der Waals surface area (Å²) in [5.41, 5.74) is 8.58. The maximum atomic E-state index is 11.8. The smallest absolute Gasteiger partial charge is 0.220 e. The van der Waals surface area contributed by atoms with E-state index in [2.05, 4.69) is 34.3 Å². The summed E-state index contributed by atoms with van der Waals surface area (Å²) in [5.74, 6) is 0.302. The fourth-order valence-electron chi connectivity index (χ4n) is 8.27. The van der Waals surface area contributed by atoms with Crippen LogP contribution in [0.4, 0.5) is 0 Å². The Hall–Kier alpha value is -3.96. The van der Waals surface area contributed by atoms with Gasteiger partial charge in [0, 0.05) is 98.3 Å². The second-order valence-electron chi connectivity index (χ2n) is 14.5. The van der Waals surface area contributed by atoms with E-state index < -0.39 is 0 Å². The zero-order chi connectivity index (χ0) is 34.6. The van der Waals surface area contributed by atoms with E-state index in [4.69, 9.17) is 43.1 Å². The number of nitrogens with one attached hydrogen (secondary N) is 2. The molecule has 50 heavy (non-hydrogen) atoms. The molecule has 2 amide bonds. The summed E-state index contributed by atoms with van der Waals surface area (Å²) in [7, 11) is 0. The van der Waals surface area contributed by atoms with Crippen LogP contribution in [-0.4, -0.2) is 80.8 Å². The third-order valence-electron chi connectivity index (χ3n) is 10.7. The number of benzene rings is 2. The molecule has 0 aliphatic carbocycles. The minimum absolute atomic E-state index is 0.0763. The maximum absolute atomic E-state index is 11.8. The zero-order valence-corrected chi connectivity index (χ0v) is 29.9. The Morgan fingerprint density at radius 3 is 1.40 bits per heavy atom. The number of carbonyl (C=O) groups excluding carboxylic acids is 2. The molecule has 4 fully saturated rings. The minimum atomic E-state index is 0.0763. The second-order valence-corrected chi connectivity index (χ2v) is 15.3. The number of halogens is 2. The zero-order valence-electron chi connectivity index (χ0n) is 28.4. The summed E-state index contributed by atoms with van der Waals surface area (Å²) in [6, 6.07) is 11.8. The van der Waals surface area contributed by atoms with E-state index >= 15 is 0 Å². The Morgan fingerprint density at radius 2 is 1.04 bits per heavy atom. The third kappa shape index (κ3) is 6.06. The molecule has 0 atom stereocenters.